The number of fused-ring (bicyclic) bond motifs is 1. The maximum atomic E-state index is 12.9. The molecule has 1 N–H and O–H groups in total. The Morgan fingerprint density at radius 3 is 2.71 bits per heavy atom. The molecule has 1 aliphatic rings. The number of sulfonamides is 1. The molecular formula is C17H12Cl2N4O3S2. The van der Waals surface area contributed by atoms with Gasteiger partial charge in [-0.15, -0.1) is 10.2 Å². The van der Waals surface area contributed by atoms with Crippen LogP contribution >= 0.6 is 34.5 Å². The van der Waals surface area contributed by atoms with Crippen molar-refractivity contribution in [2.45, 2.75) is 10.8 Å². The van der Waals surface area contributed by atoms with Gasteiger partial charge in [-0.3, -0.25) is 14.4 Å². The lowest BCUT2D eigenvalue weighted by Crippen LogP contribution is -2.29. The number of para-hydroxylation sites is 1. The van der Waals surface area contributed by atoms with Gasteiger partial charge < -0.3 is 0 Å². The summed E-state index contributed by atoms with van der Waals surface area (Å²) in [5.74, 6) is -0.534. The SMILES string of the molecule is O=C(Nc1nnc(S(=O)(=O)N2CCc3ccccc32)s1)c1ccc(Cl)cc1Cl. The first-order valence-corrected chi connectivity index (χ1v) is 11.1. The molecule has 11 heteroatoms. The molecule has 28 heavy (non-hydrogen) atoms. The molecule has 0 unspecified atom stereocenters. The number of nitrogens with zero attached hydrogens (tertiary/aromatic N) is 3. The third kappa shape index (κ3) is 3.46. The zero-order chi connectivity index (χ0) is 19.9. The number of anilines is 2. The van der Waals surface area contributed by atoms with Gasteiger partial charge in [-0.05, 0) is 36.2 Å². The summed E-state index contributed by atoms with van der Waals surface area (Å²) < 4.78 is 27.0. The predicted octanol–water partition coefficient (Wildman–Crippen LogP) is 3.85. The molecule has 0 atom stereocenters. The van der Waals surface area contributed by atoms with Gasteiger partial charge >= 0.3 is 0 Å². The molecule has 3 aromatic rings. The van der Waals surface area contributed by atoms with Crippen LogP contribution in [0.5, 0.6) is 0 Å². The monoisotopic (exact) mass is 454 g/mol. The number of carbonyl (C=O) groups is 1. The minimum Gasteiger partial charge on any atom is -0.296 e. The number of aromatic nitrogens is 2. The molecular weight excluding hydrogens is 443 g/mol. The number of amides is 1. The van der Waals surface area contributed by atoms with Gasteiger partial charge in [-0.25, -0.2) is 0 Å². The third-order valence-corrected chi connectivity index (χ3v) is 7.70. The minimum absolute atomic E-state index is 0.0575. The van der Waals surface area contributed by atoms with E-state index in [9.17, 15) is 13.2 Å². The summed E-state index contributed by atoms with van der Waals surface area (Å²) in [7, 11) is -3.86. The van der Waals surface area contributed by atoms with Crippen LogP contribution in [-0.2, 0) is 16.4 Å². The Balaban J connectivity index is 1.57. The number of hydrogen-bond donors (Lipinski definition) is 1. The van der Waals surface area contributed by atoms with Crippen LogP contribution in [0.3, 0.4) is 0 Å². The van der Waals surface area contributed by atoms with Gasteiger partial charge in [-0.2, -0.15) is 8.42 Å². The van der Waals surface area contributed by atoms with Crippen molar-refractivity contribution in [2.75, 3.05) is 16.2 Å². The van der Waals surface area contributed by atoms with Crippen molar-refractivity contribution in [2.24, 2.45) is 0 Å². The van der Waals surface area contributed by atoms with Crippen LogP contribution in [-0.4, -0.2) is 31.1 Å². The molecule has 0 radical (unpaired) electrons. The molecule has 4 rings (SSSR count). The van der Waals surface area contributed by atoms with Crippen LogP contribution in [0.1, 0.15) is 15.9 Å². The Kier molecular flexibility index (Phi) is 5.00. The number of halogens is 2. The van der Waals surface area contributed by atoms with Crippen molar-refractivity contribution in [3.8, 4) is 0 Å². The molecule has 2 heterocycles. The summed E-state index contributed by atoms with van der Waals surface area (Å²) in [4.78, 5) is 12.4. The van der Waals surface area contributed by atoms with Crippen LogP contribution in [0.15, 0.2) is 46.8 Å². The van der Waals surface area contributed by atoms with Crippen molar-refractivity contribution < 1.29 is 13.2 Å². The lowest BCUT2D eigenvalue weighted by atomic mass is 10.2. The Morgan fingerprint density at radius 1 is 1.14 bits per heavy atom. The number of rotatable bonds is 4. The average Bonchev–Trinajstić information content (AvgIpc) is 3.29. The molecule has 0 saturated heterocycles. The first kappa shape index (κ1) is 19.1. The molecule has 2 aromatic carbocycles. The first-order valence-electron chi connectivity index (χ1n) is 8.07. The molecule has 7 nitrogen and oxygen atoms in total. The van der Waals surface area contributed by atoms with Crippen LogP contribution < -0.4 is 9.62 Å². The molecule has 0 saturated carbocycles. The van der Waals surface area contributed by atoms with E-state index in [1.807, 2.05) is 12.1 Å². The summed E-state index contributed by atoms with van der Waals surface area (Å²) in [6.45, 7) is 0.337. The van der Waals surface area contributed by atoms with Gasteiger partial charge in [-0.1, -0.05) is 52.7 Å². The van der Waals surface area contributed by atoms with Crippen LogP contribution in [0.2, 0.25) is 10.0 Å². The average molecular weight is 455 g/mol. The van der Waals surface area contributed by atoms with Crippen molar-refractivity contribution in [1.29, 1.82) is 0 Å². The van der Waals surface area contributed by atoms with E-state index in [0.29, 0.717) is 23.7 Å². The van der Waals surface area contributed by atoms with E-state index >= 15 is 0 Å². The number of hydrogen-bond acceptors (Lipinski definition) is 6. The second-order valence-electron chi connectivity index (χ2n) is 5.91. The van der Waals surface area contributed by atoms with Gasteiger partial charge in [0.2, 0.25) is 5.13 Å². The number of carbonyl (C=O) groups excluding carboxylic acids is 1. The van der Waals surface area contributed by atoms with E-state index in [1.54, 1.807) is 12.1 Å². The summed E-state index contributed by atoms with van der Waals surface area (Å²) >= 11 is 12.6. The minimum atomic E-state index is -3.86. The van der Waals surface area contributed by atoms with Gasteiger partial charge in [0.15, 0.2) is 0 Å². The van der Waals surface area contributed by atoms with Gasteiger partial charge in [0.25, 0.3) is 20.3 Å². The molecule has 0 spiro atoms. The largest absolute Gasteiger partial charge is 0.296 e. The molecule has 1 aromatic heterocycles. The zero-order valence-corrected chi connectivity index (χ0v) is 17.2. The van der Waals surface area contributed by atoms with Crippen LogP contribution in [0.25, 0.3) is 0 Å². The van der Waals surface area contributed by atoms with Crippen LogP contribution in [0.4, 0.5) is 10.8 Å². The Morgan fingerprint density at radius 2 is 1.93 bits per heavy atom. The molecule has 1 amide bonds. The highest BCUT2D eigenvalue weighted by molar-refractivity contribution is 7.94. The summed E-state index contributed by atoms with van der Waals surface area (Å²) in [6.07, 6.45) is 0.632. The quantitative estimate of drug-likeness (QED) is 0.604. The highest BCUT2D eigenvalue weighted by Crippen LogP contribution is 2.34. The lowest BCUT2D eigenvalue weighted by Gasteiger charge is -2.17. The molecule has 0 bridgehead atoms. The maximum Gasteiger partial charge on any atom is 0.293 e. The third-order valence-electron chi connectivity index (χ3n) is 4.16. The molecule has 0 aliphatic carbocycles. The second-order valence-corrected chi connectivity index (χ2v) is 9.76. The Hall–Kier alpha value is -2.20. The van der Waals surface area contributed by atoms with Gasteiger partial charge in [0.05, 0.1) is 16.3 Å². The first-order chi connectivity index (χ1) is 13.4. The van der Waals surface area contributed by atoms with E-state index < -0.39 is 15.9 Å². The van der Waals surface area contributed by atoms with E-state index in [-0.39, 0.29) is 20.1 Å². The van der Waals surface area contributed by atoms with Crippen molar-refractivity contribution in [1.82, 2.24) is 10.2 Å². The van der Waals surface area contributed by atoms with Gasteiger partial charge in [0, 0.05) is 11.6 Å². The lowest BCUT2D eigenvalue weighted by molar-refractivity contribution is 0.102. The standard InChI is InChI=1S/C17H12Cl2N4O3S2/c18-11-5-6-12(13(19)9-11)15(24)20-16-21-22-17(27-16)28(25,26)23-8-7-10-3-1-2-4-14(10)23/h1-6,9H,7-8H2,(H,20,21,24). The van der Waals surface area contributed by atoms with Crippen molar-refractivity contribution in [3.63, 3.8) is 0 Å². The predicted molar refractivity (Wildman–Crippen MR) is 109 cm³/mol. The number of nitrogens with one attached hydrogen (secondary N) is 1. The van der Waals surface area contributed by atoms with Crippen LogP contribution in [0, 0.1) is 0 Å². The highest BCUT2D eigenvalue weighted by Gasteiger charge is 2.33. The normalized spacial score (nSPS) is 13.4. The Bertz CT molecular complexity index is 1180. The molecule has 1 aliphatic heterocycles. The highest BCUT2D eigenvalue weighted by atomic mass is 35.5. The fourth-order valence-corrected chi connectivity index (χ4v) is 5.85. The maximum absolute atomic E-state index is 12.9. The van der Waals surface area contributed by atoms with Crippen molar-refractivity contribution >= 4 is 61.3 Å². The second kappa shape index (κ2) is 7.32. The fraction of sp³-hybridized carbons (Fsp3) is 0.118. The van der Waals surface area contributed by atoms with Crippen molar-refractivity contribution in [3.05, 3.63) is 63.6 Å². The van der Waals surface area contributed by atoms with E-state index in [4.69, 9.17) is 23.2 Å². The van der Waals surface area contributed by atoms with E-state index in [2.05, 4.69) is 15.5 Å². The van der Waals surface area contributed by atoms with Gasteiger partial charge in [0.1, 0.15) is 0 Å². The van der Waals surface area contributed by atoms with E-state index in [0.717, 1.165) is 16.9 Å². The molecule has 144 valence electrons. The smallest absolute Gasteiger partial charge is 0.293 e. The number of benzene rings is 2. The zero-order valence-electron chi connectivity index (χ0n) is 14.1. The summed E-state index contributed by atoms with van der Waals surface area (Å²) in [5.41, 5.74) is 1.79. The van der Waals surface area contributed by atoms with E-state index in [1.165, 1.54) is 22.5 Å². The fourth-order valence-electron chi connectivity index (χ4n) is 2.85. The summed E-state index contributed by atoms with van der Waals surface area (Å²) in [6, 6.07) is 11.8. The Labute approximate surface area is 175 Å². The summed E-state index contributed by atoms with van der Waals surface area (Å²) in [5, 5.41) is 10.7. The topological polar surface area (TPSA) is 92.3 Å². The molecule has 0 fully saturated rings.